The van der Waals surface area contributed by atoms with E-state index in [1.165, 1.54) is 6.07 Å². The van der Waals surface area contributed by atoms with Gasteiger partial charge in [-0.2, -0.15) is 4.98 Å². The van der Waals surface area contributed by atoms with Gasteiger partial charge in [-0.3, -0.25) is 4.79 Å². The van der Waals surface area contributed by atoms with Gasteiger partial charge in [-0.15, -0.1) is 0 Å². The summed E-state index contributed by atoms with van der Waals surface area (Å²) in [5.41, 5.74) is -1.13. The van der Waals surface area contributed by atoms with Crippen LogP contribution < -0.4 is 5.32 Å². The molecule has 0 aliphatic rings. The summed E-state index contributed by atoms with van der Waals surface area (Å²) in [4.78, 5) is 16.1. The van der Waals surface area contributed by atoms with Crippen LogP contribution in [0.1, 0.15) is 41.9 Å². The van der Waals surface area contributed by atoms with Crippen LogP contribution in [0.4, 0.5) is 0 Å². The fraction of sp³-hybridized carbons (Fsp3) is 0.438. The topological polar surface area (TPSA) is 111 Å². The number of carbonyl (C=O) groups is 1. The number of hydrogen-bond acceptors (Lipinski definition) is 7. The first-order valence-corrected chi connectivity index (χ1v) is 7.31. The molecule has 2 aromatic rings. The van der Waals surface area contributed by atoms with Crippen molar-refractivity contribution in [2.24, 2.45) is 0 Å². The second kappa shape index (κ2) is 7.77. The number of nitrogens with one attached hydrogen (secondary N) is 1. The SMILES string of the molecule is COCCc1nc(CNC(=O)c2ccc(C#CC(C)(C)O)o2)no1. The van der Waals surface area contributed by atoms with Crippen molar-refractivity contribution in [2.45, 2.75) is 32.4 Å². The fourth-order valence-electron chi connectivity index (χ4n) is 1.64. The number of carbonyl (C=O) groups excluding carboxylic acids is 1. The standard InChI is InChI=1S/C16H19N3O5/c1-16(2,21)8-6-11-4-5-12(23-11)15(20)17-10-13-18-14(24-19-13)7-9-22-3/h4-5,21H,7,9-10H2,1-3H3,(H,17,20). The number of aromatic nitrogens is 2. The van der Waals surface area contributed by atoms with E-state index in [1.54, 1.807) is 27.0 Å². The Morgan fingerprint density at radius 1 is 1.46 bits per heavy atom. The van der Waals surface area contributed by atoms with Gasteiger partial charge in [-0.05, 0) is 31.9 Å². The highest BCUT2D eigenvalue weighted by molar-refractivity contribution is 5.91. The van der Waals surface area contributed by atoms with E-state index in [1.807, 2.05) is 0 Å². The average Bonchev–Trinajstić information content (AvgIpc) is 3.17. The summed E-state index contributed by atoms with van der Waals surface area (Å²) in [7, 11) is 1.58. The Kier molecular flexibility index (Phi) is 5.73. The molecule has 0 aliphatic carbocycles. The lowest BCUT2D eigenvalue weighted by Gasteiger charge is -2.05. The zero-order chi connectivity index (χ0) is 17.6. The lowest BCUT2D eigenvalue weighted by atomic mass is 10.1. The van der Waals surface area contributed by atoms with E-state index in [0.29, 0.717) is 30.5 Å². The minimum atomic E-state index is -1.13. The molecule has 0 unspecified atom stereocenters. The Morgan fingerprint density at radius 3 is 2.96 bits per heavy atom. The summed E-state index contributed by atoms with van der Waals surface area (Å²) in [6.07, 6.45) is 0.513. The van der Waals surface area contributed by atoms with Crippen molar-refractivity contribution in [3.05, 3.63) is 35.4 Å². The molecule has 128 valence electrons. The van der Waals surface area contributed by atoms with Gasteiger partial charge >= 0.3 is 0 Å². The van der Waals surface area contributed by atoms with Gasteiger partial charge in [0, 0.05) is 7.11 Å². The lowest BCUT2D eigenvalue weighted by Crippen LogP contribution is -2.22. The Labute approximate surface area is 139 Å². The fourth-order valence-corrected chi connectivity index (χ4v) is 1.64. The van der Waals surface area contributed by atoms with E-state index in [-0.39, 0.29) is 12.3 Å². The van der Waals surface area contributed by atoms with Crippen molar-refractivity contribution in [1.82, 2.24) is 15.5 Å². The minimum absolute atomic E-state index is 0.109. The Bertz CT molecular complexity index is 746. The van der Waals surface area contributed by atoms with Gasteiger partial charge in [0.05, 0.1) is 19.6 Å². The molecule has 2 N–H and O–H groups in total. The molecule has 0 saturated carbocycles. The molecule has 1 amide bonds. The number of nitrogens with zero attached hydrogens (tertiary/aromatic N) is 2. The third kappa shape index (κ3) is 5.53. The third-order valence-corrected chi connectivity index (χ3v) is 2.76. The molecule has 2 aromatic heterocycles. The summed E-state index contributed by atoms with van der Waals surface area (Å²) < 4.78 is 15.2. The van der Waals surface area contributed by atoms with Crippen LogP contribution in [-0.2, 0) is 17.7 Å². The summed E-state index contributed by atoms with van der Waals surface area (Å²) in [5, 5.41) is 15.9. The highest BCUT2D eigenvalue weighted by Crippen LogP contribution is 2.08. The van der Waals surface area contributed by atoms with Gasteiger partial charge in [0.15, 0.2) is 17.3 Å². The van der Waals surface area contributed by atoms with Crippen LogP contribution in [0.2, 0.25) is 0 Å². The van der Waals surface area contributed by atoms with Crippen LogP contribution in [0.3, 0.4) is 0 Å². The maximum Gasteiger partial charge on any atom is 0.287 e. The van der Waals surface area contributed by atoms with E-state index >= 15 is 0 Å². The monoisotopic (exact) mass is 333 g/mol. The maximum atomic E-state index is 12.0. The molecule has 0 radical (unpaired) electrons. The molecule has 8 heteroatoms. The van der Waals surface area contributed by atoms with E-state index in [4.69, 9.17) is 13.7 Å². The molecule has 8 nitrogen and oxygen atoms in total. The van der Waals surface area contributed by atoms with Crippen LogP contribution in [0.15, 0.2) is 21.1 Å². The van der Waals surface area contributed by atoms with Crippen LogP contribution in [0.5, 0.6) is 0 Å². The zero-order valence-electron chi connectivity index (χ0n) is 13.8. The molecule has 0 spiro atoms. The molecule has 0 fully saturated rings. The molecular weight excluding hydrogens is 314 g/mol. The van der Waals surface area contributed by atoms with E-state index in [2.05, 4.69) is 27.3 Å². The summed E-state index contributed by atoms with van der Waals surface area (Å²) >= 11 is 0. The van der Waals surface area contributed by atoms with E-state index < -0.39 is 11.5 Å². The number of hydrogen-bond donors (Lipinski definition) is 2. The summed E-state index contributed by atoms with van der Waals surface area (Å²) in [5.74, 6) is 6.06. The van der Waals surface area contributed by atoms with Crippen LogP contribution in [0, 0.1) is 11.8 Å². The van der Waals surface area contributed by atoms with Crippen LogP contribution in [0.25, 0.3) is 0 Å². The van der Waals surface area contributed by atoms with Crippen molar-refractivity contribution < 1.29 is 23.6 Å². The molecule has 0 atom stereocenters. The second-order valence-electron chi connectivity index (χ2n) is 5.50. The number of ether oxygens (including phenoxy) is 1. The summed E-state index contributed by atoms with van der Waals surface area (Å²) in [6, 6.07) is 3.06. The van der Waals surface area contributed by atoms with Gasteiger partial charge in [0.2, 0.25) is 5.89 Å². The number of rotatable bonds is 6. The molecule has 0 aromatic carbocycles. The molecular formula is C16H19N3O5. The van der Waals surface area contributed by atoms with Crippen molar-refractivity contribution in [3.8, 4) is 11.8 Å². The van der Waals surface area contributed by atoms with E-state index in [0.717, 1.165) is 0 Å². The molecule has 2 rings (SSSR count). The first kappa shape index (κ1) is 17.7. The Hall–Kier alpha value is -2.63. The third-order valence-electron chi connectivity index (χ3n) is 2.76. The first-order valence-electron chi connectivity index (χ1n) is 7.31. The molecule has 0 aliphatic heterocycles. The zero-order valence-corrected chi connectivity index (χ0v) is 13.8. The number of aliphatic hydroxyl groups is 1. The predicted molar refractivity (Wildman–Crippen MR) is 82.9 cm³/mol. The molecule has 0 bridgehead atoms. The van der Waals surface area contributed by atoms with Crippen LogP contribution in [-0.4, -0.2) is 40.5 Å². The van der Waals surface area contributed by atoms with Gasteiger partial charge in [0.1, 0.15) is 5.60 Å². The van der Waals surface area contributed by atoms with Gasteiger partial charge in [-0.25, -0.2) is 0 Å². The highest BCUT2D eigenvalue weighted by atomic mass is 16.5. The molecule has 2 heterocycles. The molecule has 0 saturated heterocycles. The van der Waals surface area contributed by atoms with Crippen molar-refractivity contribution in [2.75, 3.05) is 13.7 Å². The quantitative estimate of drug-likeness (QED) is 0.756. The predicted octanol–water partition coefficient (Wildman–Crippen LogP) is 0.904. The highest BCUT2D eigenvalue weighted by Gasteiger charge is 2.13. The normalized spacial score (nSPS) is 11.0. The number of furan rings is 1. The smallest absolute Gasteiger partial charge is 0.287 e. The van der Waals surface area contributed by atoms with Gasteiger partial charge < -0.3 is 24.1 Å². The second-order valence-corrected chi connectivity index (χ2v) is 5.50. The van der Waals surface area contributed by atoms with Gasteiger partial charge in [0.25, 0.3) is 5.91 Å². The van der Waals surface area contributed by atoms with Gasteiger partial charge in [-0.1, -0.05) is 11.1 Å². The maximum absolute atomic E-state index is 12.0. The van der Waals surface area contributed by atoms with Crippen molar-refractivity contribution in [1.29, 1.82) is 0 Å². The Morgan fingerprint density at radius 2 is 2.25 bits per heavy atom. The van der Waals surface area contributed by atoms with E-state index in [9.17, 15) is 9.90 Å². The number of amides is 1. The molecule has 24 heavy (non-hydrogen) atoms. The van der Waals surface area contributed by atoms with Crippen molar-refractivity contribution in [3.63, 3.8) is 0 Å². The number of methoxy groups -OCH3 is 1. The van der Waals surface area contributed by atoms with Crippen LogP contribution >= 0.6 is 0 Å². The average molecular weight is 333 g/mol. The minimum Gasteiger partial charge on any atom is -0.443 e. The largest absolute Gasteiger partial charge is 0.443 e. The lowest BCUT2D eigenvalue weighted by molar-refractivity contribution is 0.0921. The summed E-state index contributed by atoms with van der Waals surface area (Å²) in [6.45, 7) is 3.71. The first-order chi connectivity index (χ1) is 11.4. The Balaban J connectivity index is 1.89. The van der Waals surface area contributed by atoms with Crippen molar-refractivity contribution >= 4 is 5.91 Å².